The molecule has 0 bridgehead atoms. The van der Waals surface area contributed by atoms with Gasteiger partial charge in [0, 0.05) is 12.2 Å². The van der Waals surface area contributed by atoms with E-state index in [4.69, 9.17) is 9.84 Å². The smallest absolute Gasteiger partial charge is 0.335 e. The molecule has 3 rings (SSSR count). The normalized spacial score (nSPS) is 11.6. The van der Waals surface area contributed by atoms with E-state index in [0.29, 0.717) is 29.0 Å². The number of hydrogen-bond acceptors (Lipinski definition) is 6. The summed E-state index contributed by atoms with van der Waals surface area (Å²) in [4.78, 5) is 23.4. The van der Waals surface area contributed by atoms with Crippen molar-refractivity contribution >= 4 is 29.3 Å². The Morgan fingerprint density at radius 1 is 1.28 bits per heavy atom. The molecular weight excluding hydrogens is 435 g/mol. The number of carbonyl (C=O) groups excluding carboxylic acids is 1. The molecule has 8 nitrogen and oxygen atoms in total. The summed E-state index contributed by atoms with van der Waals surface area (Å²) < 4.78 is 20.7. The van der Waals surface area contributed by atoms with Crippen LogP contribution in [0.4, 0.5) is 10.1 Å². The highest BCUT2D eigenvalue weighted by molar-refractivity contribution is 7.99. The number of thioether (sulfide) groups is 1. The molecule has 166 valence electrons. The Morgan fingerprint density at radius 3 is 2.72 bits per heavy atom. The molecule has 1 heterocycles. The molecule has 0 fully saturated rings. The second-order valence-corrected chi connectivity index (χ2v) is 7.62. The van der Waals surface area contributed by atoms with Gasteiger partial charge in [0.05, 0.1) is 11.3 Å². The molecule has 2 aromatic carbocycles. The average molecular weight is 456 g/mol. The van der Waals surface area contributed by atoms with Crippen LogP contribution in [0.3, 0.4) is 0 Å². The van der Waals surface area contributed by atoms with Crippen molar-refractivity contribution in [2.75, 3.05) is 11.1 Å². The lowest BCUT2D eigenvalue weighted by atomic mass is 10.2. The predicted molar refractivity (Wildman–Crippen MR) is 118 cm³/mol. The number of carboxylic acid groups (broad SMARTS) is 1. The maximum atomic E-state index is 13.1. The largest absolute Gasteiger partial charge is 0.483 e. The second kappa shape index (κ2) is 10.6. The Kier molecular flexibility index (Phi) is 7.61. The molecule has 0 radical (unpaired) electrons. The molecule has 2 N–H and O–H groups in total. The van der Waals surface area contributed by atoms with Crippen molar-refractivity contribution in [2.24, 2.45) is 0 Å². The molecule has 1 atom stereocenters. The lowest BCUT2D eigenvalue weighted by Crippen LogP contribution is -2.16. The number of carboxylic acids is 1. The highest BCUT2D eigenvalue weighted by atomic mass is 32.2. The summed E-state index contributed by atoms with van der Waals surface area (Å²) in [6.45, 7) is 5.95. The van der Waals surface area contributed by atoms with Crippen LogP contribution in [0, 0.1) is 5.82 Å². The number of benzene rings is 2. The zero-order chi connectivity index (χ0) is 23.1. The summed E-state index contributed by atoms with van der Waals surface area (Å²) >= 11 is 1.18. The number of anilines is 1. The molecule has 0 aliphatic heterocycles. The van der Waals surface area contributed by atoms with Crippen LogP contribution in [0.15, 0.2) is 66.3 Å². The predicted octanol–water partition coefficient (Wildman–Crippen LogP) is 4.17. The highest BCUT2D eigenvalue weighted by Gasteiger charge is 2.20. The fourth-order valence-electron chi connectivity index (χ4n) is 2.84. The molecule has 0 spiro atoms. The Morgan fingerprint density at radius 2 is 2.03 bits per heavy atom. The van der Waals surface area contributed by atoms with Crippen LogP contribution in [-0.2, 0) is 11.3 Å². The number of nitrogens with one attached hydrogen (secondary N) is 1. The molecule has 0 saturated heterocycles. The fraction of sp³-hybridized carbons (Fsp3) is 0.182. The van der Waals surface area contributed by atoms with Gasteiger partial charge in [-0.2, -0.15) is 0 Å². The van der Waals surface area contributed by atoms with Crippen LogP contribution in [-0.4, -0.2) is 37.5 Å². The number of carbonyl (C=O) groups is 2. The van der Waals surface area contributed by atoms with E-state index < -0.39 is 12.1 Å². The van der Waals surface area contributed by atoms with Gasteiger partial charge in [0.15, 0.2) is 17.1 Å². The van der Waals surface area contributed by atoms with Crippen LogP contribution in [0.2, 0.25) is 0 Å². The summed E-state index contributed by atoms with van der Waals surface area (Å²) in [6, 6.07) is 11.7. The van der Waals surface area contributed by atoms with Gasteiger partial charge in [-0.25, -0.2) is 9.18 Å². The number of nitrogens with zero attached hydrogens (tertiary/aromatic N) is 3. The van der Waals surface area contributed by atoms with E-state index in [9.17, 15) is 14.0 Å². The third-order valence-corrected chi connectivity index (χ3v) is 5.24. The summed E-state index contributed by atoms with van der Waals surface area (Å²) in [6.07, 6.45) is 1.20. The maximum absolute atomic E-state index is 13.1. The van der Waals surface area contributed by atoms with Crippen LogP contribution < -0.4 is 10.1 Å². The summed E-state index contributed by atoms with van der Waals surface area (Å²) in [5.41, 5.74) is 0.478. The highest BCUT2D eigenvalue weighted by Crippen LogP contribution is 2.25. The van der Waals surface area contributed by atoms with Crippen molar-refractivity contribution in [3.05, 3.63) is 78.4 Å². The van der Waals surface area contributed by atoms with Gasteiger partial charge in [0.2, 0.25) is 5.91 Å². The lowest BCUT2D eigenvalue weighted by Gasteiger charge is -2.15. The third kappa shape index (κ3) is 5.94. The van der Waals surface area contributed by atoms with Gasteiger partial charge in [-0.05, 0) is 49.4 Å². The van der Waals surface area contributed by atoms with Gasteiger partial charge in [0.25, 0.3) is 0 Å². The molecule has 1 aromatic heterocycles. The number of allylic oxidation sites excluding steroid dienone is 1. The second-order valence-electron chi connectivity index (χ2n) is 6.68. The van der Waals surface area contributed by atoms with Gasteiger partial charge >= 0.3 is 5.97 Å². The minimum atomic E-state index is -1.07. The van der Waals surface area contributed by atoms with E-state index in [0.717, 1.165) is 0 Å². The quantitative estimate of drug-likeness (QED) is 0.348. The van der Waals surface area contributed by atoms with Crippen LogP contribution in [0.1, 0.15) is 29.2 Å². The number of hydrogen-bond donors (Lipinski definition) is 2. The van der Waals surface area contributed by atoms with Crippen molar-refractivity contribution in [3.63, 3.8) is 0 Å². The van der Waals surface area contributed by atoms with E-state index in [2.05, 4.69) is 22.1 Å². The Balaban J connectivity index is 1.66. The maximum Gasteiger partial charge on any atom is 0.335 e. The monoisotopic (exact) mass is 456 g/mol. The van der Waals surface area contributed by atoms with Gasteiger partial charge in [0.1, 0.15) is 11.6 Å². The first kappa shape index (κ1) is 23.0. The summed E-state index contributed by atoms with van der Waals surface area (Å²) in [5.74, 6) is -0.679. The molecule has 0 aliphatic carbocycles. The van der Waals surface area contributed by atoms with Crippen molar-refractivity contribution in [3.8, 4) is 5.75 Å². The first-order valence-corrected chi connectivity index (χ1v) is 10.6. The zero-order valence-corrected chi connectivity index (χ0v) is 18.0. The first-order valence-electron chi connectivity index (χ1n) is 9.59. The average Bonchev–Trinajstić information content (AvgIpc) is 3.17. The molecule has 0 aliphatic rings. The number of aromatic nitrogens is 3. The van der Waals surface area contributed by atoms with Crippen molar-refractivity contribution in [2.45, 2.75) is 24.7 Å². The molecular formula is C22H21FN4O4S. The van der Waals surface area contributed by atoms with Crippen molar-refractivity contribution in [1.82, 2.24) is 14.8 Å². The third-order valence-electron chi connectivity index (χ3n) is 4.27. The topological polar surface area (TPSA) is 106 Å². The summed E-state index contributed by atoms with van der Waals surface area (Å²) in [5, 5.41) is 20.6. The molecule has 3 aromatic rings. The fourth-order valence-corrected chi connectivity index (χ4v) is 3.59. The van der Waals surface area contributed by atoms with Gasteiger partial charge in [-0.1, -0.05) is 23.9 Å². The van der Waals surface area contributed by atoms with Crippen molar-refractivity contribution in [1.29, 1.82) is 0 Å². The zero-order valence-electron chi connectivity index (χ0n) is 17.2. The molecule has 0 saturated carbocycles. The number of ether oxygens (including phenoxy) is 1. The number of rotatable bonds is 10. The van der Waals surface area contributed by atoms with E-state index in [1.807, 2.05) is 0 Å². The Labute approximate surface area is 188 Å². The van der Waals surface area contributed by atoms with Crippen LogP contribution >= 0.6 is 11.8 Å². The van der Waals surface area contributed by atoms with Crippen LogP contribution in [0.25, 0.3) is 0 Å². The SMILES string of the molecule is C=CCn1c(SCC(=O)Nc2cccc(C(=O)O)c2)nnc1C(C)Oc1ccc(F)cc1. The van der Waals surface area contributed by atoms with Gasteiger partial charge in [-0.3, -0.25) is 9.36 Å². The van der Waals surface area contributed by atoms with E-state index >= 15 is 0 Å². The molecule has 1 amide bonds. The van der Waals surface area contributed by atoms with E-state index in [-0.39, 0.29) is 23.0 Å². The molecule has 10 heteroatoms. The van der Waals surface area contributed by atoms with E-state index in [1.165, 1.54) is 48.2 Å². The van der Waals surface area contributed by atoms with E-state index in [1.54, 1.807) is 29.7 Å². The van der Waals surface area contributed by atoms with Gasteiger partial charge < -0.3 is 15.2 Å². The first-order chi connectivity index (χ1) is 15.4. The standard InChI is InChI=1S/C22H21FN4O4S/c1-3-11-27-20(14(2)31-18-9-7-16(23)8-10-18)25-26-22(27)32-13-19(28)24-17-6-4-5-15(12-17)21(29)30/h3-10,12,14H,1,11,13H2,2H3,(H,24,28)(H,29,30). The minimum Gasteiger partial charge on any atom is -0.483 e. The minimum absolute atomic E-state index is 0.0414. The summed E-state index contributed by atoms with van der Waals surface area (Å²) in [7, 11) is 0. The number of halogens is 1. The number of amides is 1. The lowest BCUT2D eigenvalue weighted by molar-refractivity contribution is -0.113. The van der Waals surface area contributed by atoms with Crippen molar-refractivity contribution < 1.29 is 23.8 Å². The Bertz CT molecular complexity index is 1120. The van der Waals surface area contributed by atoms with Crippen LogP contribution in [0.5, 0.6) is 5.75 Å². The molecule has 1 unspecified atom stereocenters. The Hall–Kier alpha value is -3.66. The number of aromatic carboxylic acids is 1. The van der Waals surface area contributed by atoms with Gasteiger partial charge in [-0.15, -0.1) is 16.8 Å². The molecule has 32 heavy (non-hydrogen) atoms.